The normalized spacial score (nSPS) is 17.4. The Labute approximate surface area is 218 Å². The van der Waals surface area contributed by atoms with Crippen molar-refractivity contribution in [2.24, 2.45) is 0 Å². The molecule has 190 valence electrons. The van der Waals surface area contributed by atoms with Crippen LogP contribution in [0.15, 0.2) is 59.5 Å². The maximum atomic E-state index is 14.9. The largest absolute Gasteiger partial charge is 0.389 e. The van der Waals surface area contributed by atoms with E-state index in [0.29, 0.717) is 11.9 Å². The van der Waals surface area contributed by atoms with Crippen molar-refractivity contribution < 1.29 is 23.8 Å². The Bertz CT molecular complexity index is 1580. The molecule has 3 heterocycles. The maximum Gasteiger partial charge on any atom is 0.261 e. The number of fused-ring (bicyclic) bond motifs is 1. The Hall–Kier alpha value is -3.57. The summed E-state index contributed by atoms with van der Waals surface area (Å²) in [5.74, 6) is -2.32. The summed E-state index contributed by atoms with van der Waals surface area (Å²) in [5, 5.41) is 22.6. The van der Waals surface area contributed by atoms with E-state index < -0.39 is 35.2 Å². The first-order valence-corrected chi connectivity index (χ1v) is 11.8. The van der Waals surface area contributed by atoms with Crippen LogP contribution in [0.3, 0.4) is 0 Å². The number of aromatic nitrogens is 2. The lowest BCUT2D eigenvalue weighted by Crippen LogP contribution is -2.26. The average molecular weight is 547 g/mol. The molecule has 0 aliphatic carbocycles. The minimum atomic E-state index is -0.989. The molecule has 12 heteroatoms. The number of carbonyl (C=O) groups excluding carboxylic acids is 1. The lowest BCUT2D eigenvalue weighted by molar-refractivity contribution is 0.0572. The van der Waals surface area contributed by atoms with Crippen LogP contribution in [-0.2, 0) is 0 Å². The number of carbonyl (C=O) groups is 1. The van der Waals surface area contributed by atoms with Crippen LogP contribution in [0.25, 0.3) is 16.7 Å². The predicted octanol–water partition coefficient (Wildman–Crippen LogP) is 3.76. The van der Waals surface area contributed by atoms with Gasteiger partial charge >= 0.3 is 0 Å². The van der Waals surface area contributed by atoms with E-state index in [4.69, 9.17) is 23.2 Å². The summed E-state index contributed by atoms with van der Waals surface area (Å²) in [6.45, 7) is 0.182. The summed E-state index contributed by atoms with van der Waals surface area (Å²) in [7, 11) is 0. The van der Waals surface area contributed by atoms with E-state index in [0.717, 1.165) is 18.3 Å². The molecule has 0 radical (unpaired) electrons. The number of hydrogen-bond donors (Lipinski definition) is 3. The van der Waals surface area contributed by atoms with Gasteiger partial charge in [0, 0.05) is 25.4 Å². The molecule has 0 spiro atoms. The van der Waals surface area contributed by atoms with E-state index >= 15 is 0 Å². The zero-order valence-corrected chi connectivity index (χ0v) is 20.3. The van der Waals surface area contributed by atoms with Gasteiger partial charge in [-0.05, 0) is 36.4 Å². The molecule has 2 atom stereocenters. The highest BCUT2D eigenvalue weighted by atomic mass is 35.5. The van der Waals surface area contributed by atoms with E-state index in [2.05, 4.69) is 10.3 Å². The lowest BCUT2D eigenvalue weighted by Gasteiger charge is -2.19. The van der Waals surface area contributed by atoms with Crippen LogP contribution in [0.5, 0.6) is 0 Å². The Kier molecular flexibility index (Phi) is 6.59. The number of halogens is 4. The molecule has 1 aliphatic heterocycles. The fraction of sp³-hybridized carbons (Fsp3) is 0.160. The number of nitrogens with zero attached hydrogens (tertiary/aromatic N) is 3. The molecule has 37 heavy (non-hydrogen) atoms. The molecule has 5 rings (SSSR count). The van der Waals surface area contributed by atoms with Crippen molar-refractivity contribution in [3.8, 4) is 5.69 Å². The highest BCUT2D eigenvalue weighted by molar-refractivity contribution is 6.40. The number of nitrogens with one attached hydrogen (secondary N) is 1. The summed E-state index contributed by atoms with van der Waals surface area (Å²) in [5.41, 5.74) is -1.16. The fourth-order valence-electron chi connectivity index (χ4n) is 4.15. The minimum Gasteiger partial charge on any atom is -0.389 e. The minimum absolute atomic E-state index is 0.0174. The number of β-amino-alcohol motifs (C(OH)–C–C–N with tert-alkyl or cyclic N) is 2. The fourth-order valence-corrected chi connectivity index (χ4v) is 4.64. The molecule has 1 saturated heterocycles. The van der Waals surface area contributed by atoms with Gasteiger partial charge in [0.1, 0.15) is 23.0 Å². The van der Waals surface area contributed by atoms with Gasteiger partial charge in [-0.3, -0.25) is 14.2 Å². The number of rotatable bonds is 4. The number of anilines is 2. The summed E-state index contributed by atoms with van der Waals surface area (Å²) in [4.78, 5) is 32.6. The second-order valence-electron chi connectivity index (χ2n) is 8.47. The van der Waals surface area contributed by atoms with Crippen LogP contribution < -0.4 is 15.6 Å². The number of benzene rings is 2. The Morgan fingerprint density at radius 3 is 2.35 bits per heavy atom. The summed E-state index contributed by atoms with van der Waals surface area (Å²) in [6.07, 6.45) is -0.875. The Balaban J connectivity index is 1.69. The molecular weight excluding hydrogens is 529 g/mol. The Morgan fingerprint density at radius 2 is 1.70 bits per heavy atom. The van der Waals surface area contributed by atoms with E-state index in [1.807, 2.05) is 0 Å². The standard InChI is InChI=1S/C25H18Cl2F2N4O4/c26-15-2-1-3-16(27)22(15)31-25(37)14-9-33(18-6-4-12(28)8-17(18)29)24-13(23(14)36)5-7-21(30-24)32-10-19(34)20(35)11-32/h1-9,19-20,34-35H,10-11H2,(H,31,37). The molecule has 2 aromatic heterocycles. The van der Waals surface area contributed by atoms with E-state index in [1.165, 1.54) is 28.8 Å². The van der Waals surface area contributed by atoms with Crippen LogP contribution in [-0.4, -0.2) is 51.0 Å². The smallest absolute Gasteiger partial charge is 0.261 e. The van der Waals surface area contributed by atoms with Gasteiger partial charge in [-0.15, -0.1) is 0 Å². The van der Waals surface area contributed by atoms with Crippen molar-refractivity contribution >= 4 is 51.6 Å². The van der Waals surface area contributed by atoms with Gasteiger partial charge < -0.3 is 20.4 Å². The van der Waals surface area contributed by atoms with Crippen molar-refractivity contribution in [3.63, 3.8) is 0 Å². The zero-order valence-electron chi connectivity index (χ0n) is 18.8. The molecule has 0 bridgehead atoms. The van der Waals surface area contributed by atoms with Crippen LogP contribution in [0.1, 0.15) is 10.4 Å². The summed E-state index contributed by atoms with van der Waals surface area (Å²) >= 11 is 12.3. The van der Waals surface area contributed by atoms with Crippen molar-refractivity contribution in [2.75, 3.05) is 23.3 Å². The highest BCUT2D eigenvalue weighted by Crippen LogP contribution is 2.30. The number of para-hydroxylation sites is 1. The average Bonchev–Trinajstić information content (AvgIpc) is 3.20. The summed E-state index contributed by atoms with van der Waals surface area (Å²) < 4.78 is 29.7. The second kappa shape index (κ2) is 9.71. The van der Waals surface area contributed by atoms with Gasteiger partial charge in [0.05, 0.1) is 39.0 Å². The topological polar surface area (TPSA) is 108 Å². The quantitative estimate of drug-likeness (QED) is 0.359. The molecule has 1 aliphatic rings. The van der Waals surface area contributed by atoms with Gasteiger partial charge in [-0.2, -0.15) is 0 Å². The molecule has 3 N–H and O–H groups in total. The van der Waals surface area contributed by atoms with Crippen LogP contribution in [0.2, 0.25) is 10.0 Å². The number of hydrogen-bond acceptors (Lipinski definition) is 6. The third-order valence-electron chi connectivity index (χ3n) is 6.03. The molecule has 2 unspecified atom stereocenters. The third-order valence-corrected chi connectivity index (χ3v) is 6.66. The van der Waals surface area contributed by atoms with E-state index in [1.54, 1.807) is 11.0 Å². The third kappa shape index (κ3) is 4.64. The first-order valence-electron chi connectivity index (χ1n) is 11.0. The van der Waals surface area contributed by atoms with Crippen molar-refractivity contribution in [3.05, 3.63) is 92.2 Å². The molecule has 1 amide bonds. The van der Waals surface area contributed by atoms with Crippen molar-refractivity contribution in [2.45, 2.75) is 12.2 Å². The Morgan fingerprint density at radius 1 is 1.03 bits per heavy atom. The van der Waals surface area contributed by atoms with Gasteiger partial charge in [0.25, 0.3) is 5.91 Å². The van der Waals surface area contributed by atoms with Crippen LogP contribution >= 0.6 is 23.2 Å². The van der Waals surface area contributed by atoms with Crippen LogP contribution in [0, 0.1) is 11.6 Å². The first kappa shape index (κ1) is 25.1. The first-order chi connectivity index (χ1) is 17.6. The van der Waals surface area contributed by atoms with Crippen LogP contribution in [0.4, 0.5) is 20.3 Å². The molecule has 0 saturated carbocycles. The number of amides is 1. The van der Waals surface area contributed by atoms with Crippen molar-refractivity contribution in [1.29, 1.82) is 0 Å². The number of aliphatic hydroxyl groups is 2. The SMILES string of the molecule is O=C(Nc1c(Cl)cccc1Cl)c1cn(-c2ccc(F)cc2F)c2nc(N3CC(O)C(O)C3)ccc2c1=O. The zero-order chi connectivity index (χ0) is 26.4. The van der Waals surface area contributed by atoms with Gasteiger partial charge in [0.2, 0.25) is 5.43 Å². The second-order valence-corrected chi connectivity index (χ2v) is 9.28. The highest BCUT2D eigenvalue weighted by Gasteiger charge is 2.31. The molecule has 2 aromatic carbocycles. The summed E-state index contributed by atoms with van der Waals surface area (Å²) in [6, 6.07) is 10.4. The molecule has 4 aromatic rings. The predicted molar refractivity (Wildman–Crippen MR) is 136 cm³/mol. The lowest BCUT2D eigenvalue weighted by atomic mass is 10.1. The molecule has 1 fully saturated rings. The molecule has 8 nitrogen and oxygen atoms in total. The van der Waals surface area contributed by atoms with Gasteiger partial charge in [0.15, 0.2) is 5.65 Å². The number of pyridine rings is 2. The molecular formula is C25H18Cl2F2N4O4. The number of aliphatic hydroxyl groups excluding tert-OH is 2. The van der Waals surface area contributed by atoms with Gasteiger partial charge in [-0.1, -0.05) is 29.3 Å². The monoisotopic (exact) mass is 546 g/mol. The van der Waals surface area contributed by atoms with E-state index in [-0.39, 0.29) is 51.1 Å². The van der Waals surface area contributed by atoms with E-state index in [9.17, 15) is 28.6 Å². The van der Waals surface area contributed by atoms with Crippen molar-refractivity contribution in [1.82, 2.24) is 9.55 Å². The maximum absolute atomic E-state index is 14.9. The van der Waals surface area contributed by atoms with Gasteiger partial charge in [-0.25, -0.2) is 13.8 Å².